The van der Waals surface area contributed by atoms with Gasteiger partial charge in [0, 0.05) is 10.8 Å². The van der Waals surface area contributed by atoms with Crippen LogP contribution in [0, 0.1) is 7.14 Å². The van der Waals surface area contributed by atoms with Gasteiger partial charge in [0.2, 0.25) is 0 Å². The highest BCUT2D eigenvalue weighted by Crippen LogP contribution is 2.23. The lowest BCUT2D eigenvalue weighted by Gasteiger charge is -2.11. The number of rotatable bonds is 4. The van der Waals surface area contributed by atoms with E-state index in [1.807, 2.05) is 36.4 Å². The summed E-state index contributed by atoms with van der Waals surface area (Å²) in [4.78, 5) is 0. The first-order valence-electron chi connectivity index (χ1n) is 8.45. The molecule has 0 unspecified atom stereocenters. The Kier molecular flexibility index (Phi) is 5.26. The average Bonchev–Trinajstić information content (AvgIpc) is 2.70. The van der Waals surface area contributed by atoms with Crippen molar-refractivity contribution in [3.8, 4) is 0 Å². The lowest BCUT2D eigenvalue weighted by atomic mass is 10.1. The monoisotopic (exact) mass is 530 g/mol. The van der Waals surface area contributed by atoms with Crippen molar-refractivity contribution >= 4 is 31.7 Å². The van der Waals surface area contributed by atoms with Gasteiger partial charge in [-0.2, -0.15) is 21.6 Å². The first-order valence-corrected chi connectivity index (χ1v) is 12.9. The van der Waals surface area contributed by atoms with E-state index in [9.17, 15) is 21.6 Å². The molecule has 0 aliphatic carbocycles. The smallest absolute Gasteiger partial charge is 0.186 e. The highest BCUT2D eigenvalue weighted by molar-refractivity contribution is 7.87. The number of benzene rings is 4. The third-order valence-electron chi connectivity index (χ3n) is 4.27. The Balaban J connectivity index is 2.00. The molecular weight excluding hydrogens is 516 g/mol. The van der Waals surface area contributed by atoms with Gasteiger partial charge in [-0.25, -0.2) is 0 Å². The van der Waals surface area contributed by atoms with Crippen LogP contribution in [0.25, 0.3) is 21.5 Å². The van der Waals surface area contributed by atoms with E-state index in [0.717, 1.165) is 10.8 Å². The predicted molar refractivity (Wildman–Crippen MR) is 101 cm³/mol. The van der Waals surface area contributed by atoms with E-state index >= 15 is 0 Å². The van der Waals surface area contributed by atoms with E-state index in [1.165, 1.54) is 0 Å². The van der Waals surface area contributed by atoms with E-state index in [4.69, 9.17) is 2.51 Å². The largest absolute Gasteiger partial charge is 0.526 e. The van der Waals surface area contributed by atoms with Crippen molar-refractivity contribution in [3.63, 3.8) is 0 Å². The number of halogens is 4. The van der Waals surface area contributed by atoms with Crippen LogP contribution in [-0.4, -0.2) is 13.9 Å². The molecule has 0 aliphatic heterocycles. The molecule has 29 heavy (non-hydrogen) atoms. The first kappa shape index (κ1) is 20.1. The minimum absolute atomic E-state index is 0.497. The number of fused-ring (bicyclic) bond motifs is 2. The Bertz CT molecular complexity index is 1210. The van der Waals surface area contributed by atoms with Crippen molar-refractivity contribution in [2.75, 3.05) is 0 Å². The molecular formula is C21H14F3IO3S+. The van der Waals surface area contributed by atoms with Crippen LogP contribution in [0.15, 0.2) is 84.9 Å². The van der Waals surface area contributed by atoms with Crippen molar-refractivity contribution in [1.29, 1.82) is 0 Å². The third-order valence-corrected chi connectivity index (χ3v) is 11.6. The van der Waals surface area contributed by atoms with Gasteiger partial charge in [-0.3, -0.25) is 0 Å². The van der Waals surface area contributed by atoms with E-state index < -0.39 is 35.9 Å². The number of alkyl halides is 3. The van der Waals surface area contributed by atoms with Crippen molar-refractivity contribution in [2.24, 2.45) is 0 Å². The maximum Gasteiger partial charge on any atom is 0.526 e. The van der Waals surface area contributed by atoms with Crippen LogP contribution >= 0.6 is 0 Å². The molecule has 0 heterocycles. The van der Waals surface area contributed by atoms with Gasteiger partial charge in [0.25, 0.3) is 0 Å². The van der Waals surface area contributed by atoms with Crippen molar-refractivity contribution < 1.29 is 44.3 Å². The van der Waals surface area contributed by atoms with Crippen molar-refractivity contribution in [1.82, 2.24) is 0 Å². The molecule has 0 N–H and O–H groups in total. The Morgan fingerprint density at radius 1 is 0.655 bits per heavy atom. The Labute approximate surface area is 173 Å². The molecule has 4 rings (SSSR count). The summed E-state index contributed by atoms with van der Waals surface area (Å²) in [5.41, 5.74) is -5.49. The molecule has 0 atom stereocenters. The lowest BCUT2D eigenvalue weighted by molar-refractivity contribution is -1.03. The van der Waals surface area contributed by atoms with E-state index in [-0.39, 0.29) is 0 Å². The summed E-state index contributed by atoms with van der Waals surface area (Å²) in [5, 5.41) is 2.98. The molecule has 4 aromatic rings. The Hall–Kier alpha value is -2.17. The molecule has 4 aromatic carbocycles. The fraction of sp³-hybridized carbons (Fsp3) is 0.0476. The Morgan fingerprint density at radius 3 is 1.52 bits per heavy atom. The van der Waals surface area contributed by atoms with Gasteiger partial charge in [0.15, 0.2) is 7.14 Å². The summed E-state index contributed by atoms with van der Waals surface area (Å²) >= 11 is -3.52. The molecule has 0 spiro atoms. The third kappa shape index (κ3) is 3.84. The maximum atomic E-state index is 13.2. The molecule has 0 saturated heterocycles. The summed E-state index contributed by atoms with van der Waals surface area (Å²) in [6, 6.07) is 24.7. The summed E-state index contributed by atoms with van der Waals surface area (Å²) in [7, 11) is -5.76. The van der Waals surface area contributed by atoms with E-state index in [1.54, 1.807) is 48.5 Å². The highest BCUT2D eigenvalue weighted by atomic mass is 127. The fourth-order valence-corrected chi connectivity index (χ4v) is 10.3. The van der Waals surface area contributed by atoms with Gasteiger partial charge in [-0.05, 0) is 37.6 Å². The van der Waals surface area contributed by atoms with Gasteiger partial charge < -0.3 is 0 Å². The highest BCUT2D eigenvalue weighted by Gasteiger charge is 2.54. The first-order chi connectivity index (χ1) is 13.8. The maximum absolute atomic E-state index is 13.2. The number of hydrogen-bond acceptors (Lipinski definition) is 3. The van der Waals surface area contributed by atoms with Crippen LogP contribution < -0.4 is 20.2 Å². The van der Waals surface area contributed by atoms with Crippen molar-refractivity contribution in [3.05, 3.63) is 92.1 Å². The molecule has 149 valence electrons. The summed E-state index contributed by atoms with van der Waals surface area (Å²) in [6.45, 7) is 0. The lowest BCUT2D eigenvalue weighted by Crippen LogP contribution is -3.85. The summed E-state index contributed by atoms with van der Waals surface area (Å²) < 4.78 is 69.4. The zero-order valence-electron chi connectivity index (χ0n) is 14.7. The van der Waals surface area contributed by atoms with Crippen LogP contribution in [0.3, 0.4) is 0 Å². The molecule has 0 aliphatic rings. The Morgan fingerprint density at radius 2 is 1.07 bits per heavy atom. The minimum Gasteiger partial charge on any atom is -0.186 e. The van der Waals surface area contributed by atoms with Crippen LogP contribution in [0.1, 0.15) is 0 Å². The van der Waals surface area contributed by atoms with E-state index in [0.29, 0.717) is 17.9 Å². The average molecular weight is 530 g/mol. The zero-order chi connectivity index (χ0) is 20.6. The van der Waals surface area contributed by atoms with Crippen molar-refractivity contribution in [2.45, 2.75) is 5.51 Å². The van der Waals surface area contributed by atoms with Gasteiger partial charge in [-0.1, -0.05) is 60.7 Å². The van der Waals surface area contributed by atoms with Gasteiger partial charge >= 0.3 is 35.9 Å². The van der Waals surface area contributed by atoms with Gasteiger partial charge in [0.05, 0.1) is 0 Å². The van der Waals surface area contributed by atoms with Gasteiger partial charge in [-0.15, -0.1) is 0 Å². The molecule has 0 amide bonds. The molecule has 8 heteroatoms. The summed E-state index contributed by atoms with van der Waals surface area (Å²) in [6.07, 6.45) is 0. The standard InChI is InChI=1S/C21H14F3IO3S/c22-21(23,24)29(26,27)28-25(19-13-5-9-15-7-1-3-11-17(15)19)20-14-6-10-16-8-2-4-12-18(16)20/h1-14H/q+1. The molecule has 1 radical (unpaired) electrons. The predicted octanol–water partition coefficient (Wildman–Crippen LogP) is 2.44. The molecule has 0 saturated carbocycles. The fourth-order valence-electron chi connectivity index (χ4n) is 2.97. The number of hydrogen-bond donors (Lipinski definition) is 0. The second-order valence-corrected chi connectivity index (χ2v) is 12.5. The zero-order valence-corrected chi connectivity index (χ0v) is 17.7. The quantitative estimate of drug-likeness (QED) is 0.301. The molecule has 0 aromatic heterocycles. The molecule has 0 bridgehead atoms. The normalized spacial score (nSPS) is 12.7. The topological polar surface area (TPSA) is 43.4 Å². The minimum atomic E-state index is -5.76. The second kappa shape index (κ2) is 7.58. The van der Waals surface area contributed by atoms with Crippen LogP contribution in [0.5, 0.6) is 0 Å². The SMILES string of the molecule is O=S(=O)(O[I+](c1cccc2ccccc12)c1cccc2ccccc12)C(F)(F)F. The molecule has 3 nitrogen and oxygen atoms in total. The van der Waals surface area contributed by atoms with Crippen LogP contribution in [0.4, 0.5) is 13.2 Å². The van der Waals surface area contributed by atoms with E-state index in [2.05, 4.69) is 0 Å². The van der Waals surface area contributed by atoms with Crippen LogP contribution in [-0.2, 0) is 12.6 Å². The second-order valence-electron chi connectivity index (χ2n) is 6.13. The van der Waals surface area contributed by atoms with Gasteiger partial charge in [0.1, 0.15) is 0 Å². The molecule has 0 fully saturated rings. The van der Waals surface area contributed by atoms with Crippen LogP contribution in [0.2, 0.25) is 0 Å². The summed E-state index contributed by atoms with van der Waals surface area (Å²) in [5.74, 6) is 0.